The molecule has 6 heteroatoms. The van der Waals surface area contributed by atoms with Crippen LogP contribution < -0.4 is 10.5 Å². The van der Waals surface area contributed by atoms with Gasteiger partial charge >= 0.3 is 6.01 Å². The van der Waals surface area contributed by atoms with Crippen molar-refractivity contribution in [2.75, 3.05) is 12.3 Å². The lowest BCUT2D eigenvalue weighted by molar-refractivity contribution is 0.288. The number of fused-ring (bicyclic) bond motifs is 1. The van der Waals surface area contributed by atoms with E-state index in [-0.39, 0.29) is 0 Å². The Hall–Kier alpha value is -2.63. The largest absolute Gasteiger partial charge is 0.463 e. The van der Waals surface area contributed by atoms with E-state index >= 15 is 0 Å². The van der Waals surface area contributed by atoms with Crippen molar-refractivity contribution < 1.29 is 4.74 Å². The maximum Gasteiger partial charge on any atom is 0.320 e. The third kappa shape index (κ3) is 2.94. The summed E-state index contributed by atoms with van der Waals surface area (Å²) < 4.78 is 7.39. The molecule has 0 fully saturated rings. The van der Waals surface area contributed by atoms with Gasteiger partial charge in [-0.05, 0) is 18.4 Å². The number of rotatable bonds is 5. The molecule has 0 saturated heterocycles. The quantitative estimate of drug-likeness (QED) is 0.724. The first kappa shape index (κ1) is 13.4. The maximum absolute atomic E-state index is 5.86. The van der Waals surface area contributed by atoms with Gasteiger partial charge < -0.3 is 15.0 Å². The summed E-state index contributed by atoms with van der Waals surface area (Å²) in [5.74, 6) is 0.346. The Kier molecular flexibility index (Phi) is 3.68. The third-order valence-corrected chi connectivity index (χ3v) is 3.25. The van der Waals surface area contributed by atoms with Crippen LogP contribution in [-0.2, 0) is 13.5 Å². The van der Waals surface area contributed by atoms with E-state index in [1.807, 2.05) is 25.2 Å². The Labute approximate surface area is 122 Å². The van der Waals surface area contributed by atoms with Gasteiger partial charge in [0.05, 0.1) is 12.9 Å². The Balaban J connectivity index is 1.62. The number of aryl methyl sites for hydroxylation is 2. The van der Waals surface area contributed by atoms with Gasteiger partial charge in [0.2, 0.25) is 0 Å². The highest BCUT2D eigenvalue weighted by atomic mass is 16.5. The minimum Gasteiger partial charge on any atom is -0.463 e. The predicted molar refractivity (Wildman–Crippen MR) is 81.0 cm³/mol. The number of hydrogen-bond acceptors (Lipinski definition) is 5. The number of hydrogen-bond donors (Lipinski definition) is 1. The molecule has 2 heterocycles. The lowest BCUT2D eigenvalue weighted by Gasteiger charge is -2.06. The molecule has 108 valence electrons. The standard InChI is InChI=1S/C15H17N5O/c1-20-10-17-12-13(16)18-15(19-14(12)20)21-9-5-8-11-6-3-2-4-7-11/h2-4,6-7,10H,5,8-9H2,1H3,(H2,16,18,19). The molecule has 0 aliphatic rings. The minimum atomic E-state index is 0.302. The van der Waals surface area contributed by atoms with Crippen LogP contribution in [-0.4, -0.2) is 26.1 Å². The average molecular weight is 283 g/mol. The molecule has 0 aliphatic heterocycles. The van der Waals surface area contributed by atoms with Gasteiger partial charge in [-0.25, -0.2) is 4.98 Å². The number of nitrogens with zero attached hydrogens (tertiary/aromatic N) is 4. The first-order valence-corrected chi connectivity index (χ1v) is 6.85. The zero-order valence-corrected chi connectivity index (χ0v) is 11.9. The normalized spacial score (nSPS) is 10.9. The van der Waals surface area contributed by atoms with Crippen molar-refractivity contribution in [3.63, 3.8) is 0 Å². The van der Waals surface area contributed by atoms with Gasteiger partial charge in [0, 0.05) is 7.05 Å². The fraction of sp³-hybridized carbons (Fsp3) is 0.267. The van der Waals surface area contributed by atoms with Crippen molar-refractivity contribution in [3.05, 3.63) is 42.2 Å². The molecule has 1 aromatic carbocycles. The maximum atomic E-state index is 5.86. The Morgan fingerprint density at radius 3 is 2.81 bits per heavy atom. The molecule has 2 aromatic heterocycles. The summed E-state index contributed by atoms with van der Waals surface area (Å²) in [6.07, 6.45) is 3.52. The fourth-order valence-electron chi connectivity index (χ4n) is 2.16. The van der Waals surface area contributed by atoms with Crippen molar-refractivity contribution in [1.82, 2.24) is 19.5 Å². The van der Waals surface area contributed by atoms with E-state index in [1.165, 1.54) is 5.56 Å². The van der Waals surface area contributed by atoms with Gasteiger partial charge in [-0.2, -0.15) is 9.97 Å². The second-order valence-electron chi connectivity index (χ2n) is 4.86. The SMILES string of the molecule is Cn1cnc2c(N)nc(OCCCc3ccccc3)nc21. The molecule has 0 saturated carbocycles. The summed E-state index contributed by atoms with van der Waals surface area (Å²) in [5, 5.41) is 0. The van der Waals surface area contributed by atoms with Gasteiger partial charge in [0.1, 0.15) is 5.52 Å². The van der Waals surface area contributed by atoms with E-state index in [4.69, 9.17) is 10.5 Å². The van der Waals surface area contributed by atoms with Crippen molar-refractivity contribution >= 4 is 17.0 Å². The molecule has 3 rings (SSSR count). The van der Waals surface area contributed by atoms with Crippen LogP contribution in [0.3, 0.4) is 0 Å². The molecule has 0 aliphatic carbocycles. The summed E-state index contributed by atoms with van der Waals surface area (Å²) in [5.41, 5.74) is 8.44. The number of nitrogens with two attached hydrogens (primary N) is 1. The number of nitrogen functional groups attached to an aromatic ring is 1. The molecule has 6 nitrogen and oxygen atoms in total. The van der Waals surface area contributed by atoms with Crippen LogP contribution in [0, 0.1) is 0 Å². The van der Waals surface area contributed by atoms with E-state index in [9.17, 15) is 0 Å². The highest BCUT2D eigenvalue weighted by molar-refractivity contribution is 5.81. The molecule has 0 amide bonds. The van der Waals surface area contributed by atoms with Crippen LogP contribution in [0.5, 0.6) is 6.01 Å². The number of imidazole rings is 1. The highest BCUT2D eigenvalue weighted by Gasteiger charge is 2.10. The number of benzene rings is 1. The van der Waals surface area contributed by atoms with E-state index in [2.05, 4.69) is 27.1 Å². The van der Waals surface area contributed by atoms with Crippen molar-refractivity contribution in [1.29, 1.82) is 0 Å². The predicted octanol–water partition coefficient (Wildman–Crippen LogP) is 1.96. The van der Waals surface area contributed by atoms with Crippen LogP contribution >= 0.6 is 0 Å². The second kappa shape index (κ2) is 5.78. The zero-order valence-electron chi connectivity index (χ0n) is 11.9. The number of aromatic nitrogens is 4. The average Bonchev–Trinajstić information content (AvgIpc) is 2.87. The van der Waals surface area contributed by atoms with E-state index in [0.29, 0.717) is 29.6 Å². The van der Waals surface area contributed by atoms with Gasteiger partial charge in [-0.1, -0.05) is 30.3 Å². The van der Waals surface area contributed by atoms with Crippen molar-refractivity contribution in [3.8, 4) is 6.01 Å². The Morgan fingerprint density at radius 2 is 2.00 bits per heavy atom. The molecular weight excluding hydrogens is 266 g/mol. The molecule has 0 bridgehead atoms. The first-order valence-electron chi connectivity index (χ1n) is 6.85. The molecular formula is C15H17N5O. The van der Waals surface area contributed by atoms with E-state index in [1.54, 1.807) is 10.9 Å². The minimum absolute atomic E-state index is 0.302. The van der Waals surface area contributed by atoms with Crippen molar-refractivity contribution in [2.45, 2.75) is 12.8 Å². The summed E-state index contributed by atoms with van der Waals surface area (Å²) in [6.45, 7) is 0.553. The monoisotopic (exact) mass is 283 g/mol. The van der Waals surface area contributed by atoms with Gasteiger partial charge in [-0.15, -0.1) is 0 Å². The second-order valence-corrected chi connectivity index (χ2v) is 4.86. The molecule has 0 spiro atoms. The molecule has 0 atom stereocenters. The first-order chi connectivity index (χ1) is 10.2. The van der Waals surface area contributed by atoms with Gasteiger partial charge in [0.25, 0.3) is 0 Å². The Morgan fingerprint density at radius 1 is 1.19 bits per heavy atom. The van der Waals surface area contributed by atoms with E-state index in [0.717, 1.165) is 12.8 Å². The highest BCUT2D eigenvalue weighted by Crippen LogP contribution is 2.18. The van der Waals surface area contributed by atoms with Crippen LogP contribution in [0.15, 0.2) is 36.7 Å². The molecule has 2 N–H and O–H groups in total. The zero-order chi connectivity index (χ0) is 14.7. The van der Waals surface area contributed by atoms with Crippen LogP contribution in [0.1, 0.15) is 12.0 Å². The third-order valence-electron chi connectivity index (χ3n) is 3.25. The number of anilines is 1. The van der Waals surface area contributed by atoms with Crippen LogP contribution in [0.25, 0.3) is 11.2 Å². The molecule has 21 heavy (non-hydrogen) atoms. The smallest absolute Gasteiger partial charge is 0.320 e. The van der Waals surface area contributed by atoms with Crippen LogP contribution in [0.2, 0.25) is 0 Å². The van der Waals surface area contributed by atoms with Gasteiger partial charge in [-0.3, -0.25) is 0 Å². The summed E-state index contributed by atoms with van der Waals surface area (Å²) in [7, 11) is 1.86. The fourth-order valence-corrected chi connectivity index (χ4v) is 2.16. The Bertz CT molecular complexity index is 738. The summed E-state index contributed by atoms with van der Waals surface area (Å²) >= 11 is 0. The molecule has 0 radical (unpaired) electrons. The lowest BCUT2D eigenvalue weighted by atomic mass is 10.1. The van der Waals surface area contributed by atoms with Gasteiger partial charge in [0.15, 0.2) is 11.5 Å². The summed E-state index contributed by atoms with van der Waals surface area (Å²) in [4.78, 5) is 12.6. The topological polar surface area (TPSA) is 78.9 Å². The molecule has 3 aromatic rings. The lowest BCUT2D eigenvalue weighted by Crippen LogP contribution is -2.05. The number of ether oxygens (including phenoxy) is 1. The van der Waals surface area contributed by atoms with E-state index < -0.39 is 0 Å². The van der Waals surface area contributed by atoms with Crippen molar-refractivity contribution in [2.24, 2.45) is 7.05 Å². The van der Waals surface area contributed by atoms with Crippen LogP contribution in [0.4, 0.5) is 5.82 Å². The molecule has 0 unspecified atom stereocenters. The summed E-state index contributed by atoms with van der Waals surface area (Å²) in [6, 6.07) is 10.6.